The number of carbonyl (C=O) groups excluding carboxylic acids is 2. The molecule has 0 radical (unpaired) electrons. The molecule has 144 valence electrons. The molecule has 28 heavy (non-hydrogen) atoms. The maximum atomic E-state index is 12.2. The van der Waals surface area contributed by atoms with Gasteiger partial charge >= 0.3 is 5.97 Å². The minimum Gasteiger partial charge on any atom is -0.452 e. The number of esters is 1. The van der Waals surface area contributed by atoms with Gasteiger partial charge in [0.25, 0.3) is 5.91 Å². The number of thiazole rings is 1. The molecule has 0 fully saturated rings. The normalized spacial score (nSPS) is 11.7. The number of carbonyl (C=O) groups is 2. The summed E-state index contributed by atoms with van der Waals surface area (Å²) in [5, 5.41) is 5.69. The van der Waals surface area contributed by atoms with Gasteiger partial charge in [0, 0.05) is 17.1 Å². The Hall–Kier alpha value is -2.77. The molecule has 0 saturated carbocycles. The number of benzene rings is 1. The number of ether oxygens (including phenoxy) is 1. The molecule has 1 atom stereocenters. The van der Waals surface area contributed by atoms with Gasteiger partial charge in [-0.05, 0) is 32.0 Å². The maximum Gasteiger partial charge on any atom is 0.312 e. The molecule has 0 aliphatic carbocycles. The highest BCUT2D eigenvalue weighted by molar-refractivity contribution is 7.13. The Balaban J connectivity index is 1.55. The molecule has 8 heteroatoms. The number of aromatic nitrogens is 2. The van der Waals surface area contributed by atoms with Crippen LogP contribution in [-0.2, 0) is 20.7 Å². The first-order valence-corrected chi connectivity index (χ1v) is 9.80. The van der Waals surface area contributed by atoms with E-state index in [1.54, 1.807) is 12.1 Å². The van der Waals surface area contributed by atoms with Crippen molar-refractivity contribution >= 4 is 40.6 Å². The second-order valence-electron chi connectivity index (χ2n) is 6.17. The summed E-state index contributed by atoms with van der Waals surface area (Å²) in [7, 11) is 0. The lowest BCUT2D eigenvalue weighted by Gasteiger charge is -2.12. The Morgan fingerprint density at radius 2 is 2.11 bits per heavy atom. The van der Waals surface area contributed by atoms with Crippen molar-refractivity contribution in [3.63, 3.8) is 0 Å². The first-order chi connectivity index (χ1) is 13.4. The molecule has 0 unspecified atom stereocenters. The smallest absolute Gasteiger partial charge is 0.312 e. The molecule has 0 spiro atoms. The lowest BCUT2D eigenvalue weighted by atomic mass is 10.1. The number of nitrogens with one attached hydrogen (secondary N) is 1. The van der Waals surface area contributed by atoms with E-state index in [1.165, 1.54) is 24.5 Å². The molecule has 1 aromatic carbocycles. The highest BCUT2D eigenvalue weighted by Gasteiger charge is 2.19. The Labute approximate surface area is 171 Å². The van der Waals surface area contributed by atoms with Gasteiger partial charge in [0.1, 0.15) is 10.8 Å². The van der Waals surface area contributed by atoms with E-state index in [0.717, 1.165) is 16.1 Å². The van der Waals surface area contributed by atoms with Crippen LogP contribution in [0.15, 0.2) is 48.0 Å². The average Bonchev–Trinajstić information content (AvgIpc) is 3.12. The van der Waals surface area contributed by atoms with E-state index >= 15 is 0 Å². The van der Waals surface area contributed by atoms with E-state index in [1.807, 2.05) is 36.6 Å². The fourth-order valence-electron chi connectivity index (χ4n) is 2.42. The monoisotopic (exact) mass is 415 g/mol. The fourth-order valence-corrected chi connectivity index (χ4v) is 3.35. The van der Waals surface area contributed by atoms with Gasteiger partial charge in [0.2, 0.25) is 0 Å². The third-order valence-corrected chi connectivity index (χ3v) is 4.96. The minimum atomic E-state index is -0.958. The topological polar surface area (TPSA) is 81.2 Å². The summed E-state index contributed by atoms with van der Waals surface area (Å²) in [6, 6.07) is 11.2. The van der Waals surface area contributed by atoms with Crippen LogP contribution >= 0.6 is 22.9 Å². The van der Waals surface area contributed by atoms with Crippen LogP contribution < -0.4 is 5.32 Å². The van der Waals surface area contributed by atoms with Crippen molar-refractivity contribution < 1.29 is 14.3 Å². The highest BCUT2D eigenvalue weighted by Crippen LogP contribution is 2.24. The summed E-state index contributed by atoms with van der Waals surface area (Å²) in [4.78, 5) is 32.7. The van der Waals surface area contributed by atoms with Crippen molar-refractivity contribution in [1.29, 1.82) is 0 Å². The molecule has 0 aliphatic heterocycles. The zero-order chi connectivity index (χ0) is 20.1. The fraction of sp³-hybridized carbons (Fsp3) is 0.200. The SMILES string of the molecule is Cc1cccc(-c2nc(CC(=O)O[C@H](C)C(=O)Nc3ccc(Cl)cn3)cs2)c1. The van der Waals surface area contributed by atoms with Gasteiger partial charge in [0.05, 0.1) is 17.1 Å². The number of amides is 1. The predicted molar refractivity (Wildman–Crippen MR) is 109 cm³/mol. The van der Waals surface area contributed by atoms with E-state index in [2.05, 4.69) is 15.3 Å². The van der Waals surface area contributed by atoms with Crippen LogP contribution in [0.5, 0.6) is 0 Å². The van der Waals surface area contributed by atoms with Crippen LogP contribution in [0.4, 0.5) is 5.82 Å². The second-order valence-corrected chi connectivity index (χ2v) is 7.47. The van der Waals surface area contributed by atoms with Crippen molar-refractivity contribution in [1.82, 2.24) is 9.97 Å². The number of nitrogens with zero attached hydrogens (tertiary/aromatic N) is 2. The first kappa shape index (κ1) is 20.0. The average molecular weight is 416 g/mol. The molecule has 1 N–H and O–H groups in total. The van der Waals surface area contributed by atoms with E-state index in [0.29, 0.717) is 16.5 Å². The van der Waals surface area contributed by atoms with Crippen molar-refractivity contribution in [3.8, 4) is 10.6 Å². The lowest BCUT2D eigenvalue weighted by Crippen LogP contribution is -2.30. The van der Waals surface area contributed by atoms with Gasteiger partial charge in [-0.15, -0.1) is 11.3 Å². The van der Waals surface area contributed by atoms with E-state index in [9.17, 15) is 9.59 Å². The molecular weight excluding hydrogens is 398 g/mol. The Bertz CT molecular complexity index is 988. The molecule has 3 rings (SSSR count). The molecule has 0 bridgehead atoms. The van der Waals surface area contributed by atoms with Gasteiger partial charge in [-0.25, -0.2) is 9.97 Å². The maximum absolute atomic E-state index is 12.2. The van der Waals surface area contributed by atoms with Crippen molar-refractivity contribution in [2.24, 2.45) is 0 Å². The van der Waals surface area contributed by atoms with Crippen molar-refractivity contribution in [3.05, 3.63) is 64.3 Å². The molecule has 3 aromatic rings. The lowest BCUT2D eigenvalue weighted by molar-refractivity contribution is -0.152. The number of halogens is 1. The summed E-state index contributed by atoms with van der Waals surface area (Å²) in [6.07, 6.45) is 0.459. The van der Waals surface area contributed by atoms with Crippen LogP contribution in [0.25, 0.3) is 10.6 Å². The van der Waals surface area contributed by atoms with E-state index in [-0.39, 0.29) is 6.42 Å². The molecule has 0 saturated heterocycles. The number of hydrogen-bond acceptors (Lipinski definition) is 6. The molecule has 0 aliphatic rings. The van der Waals surface area contributed by atoms with Crippen molar-refractivity contribution in [2.75, 3.05) is 5.32 Å². The third kappa shape index (κ3) is 5.37. The Morgan fingerprint density at radius 3 is 2.82 bits per heavy atom. The standard InChI is InChI=1S/C20H18ClN3O3S/c1-12-4-3-5-14(8-12)20-23-16(11-28-20)9-18(25)27-13(2)19(26)24-17-7-6-15(21)10-22-17/h3-8,10-11,13H,9H2,1-2H3,(H,22,24,26)/t13-/m1/s1. The van der Waals surface area contributed by atoms with Crippen LogP contribution in [0.3, 0.4) is 0 Å². The van der Waals surface area contributed by atoms with Gasteiger partial charge in [-0.2, -0.15) is 0 Å². The van der Waals surface area contributed by atoms with Gasteiger partial charge in [-0.1, -0.05) is 35.4 Å². The molecular formula is C20H18ClN3O3S. The number of aryl methyl sites for hydroxylation is 1. The molecule has 2 aromatic heterocycles. The zero-order valence-electron chi connectivity index (χ0n) is 15.3. The van der Waals surface area contributed by atoms with Crippen LogP contribution in [0.2, 0.25) is 5.02 Å². The number of pyridine rings is 1. The molecule has 6 nitrogen and oxygen atoms in total. The summed E-state index contributed by atoms with van der Waals surface area (Å²) in [5.74, 6) is -0.658. The third-order valence-electron chi connectivity index (χ3n) is 3.80. The number of rotatable bonds is 6. The summed E-state index contributed by atoms with van der Waals surface area (Å²) in [5.41, 5.74) is 2.76. The van der Waals surface area contributed by atoms with E-state index in [4.69, 9.17) is 16.3 Å². The van der Waals surface area contributed by atoms with Gasteiger partial charge in [0.15, 0.2) is 6.10 Å². The highest BCUT2D eigenvalue weighted by atomic mass is 35.5. The second kappa shape index (κ2) is 8.95. The quantitative estimate of drug-likeness (QED) is 0.607. The largest absolute Gasteiger partial charge is 0.452 e. The van der Waals surface area contributed by atoms with Crippen LogP contribution in [0, 0.1) is 6.92 Å². The number of hydrogen-bond donors (Lipinski definition) is 1. The summed E-state index contributed by atoms with van der Waals surface area (Å²) >= 11 is 7.22. The van der Waals surface area contributed by atoms with Gasteiger partial charge in [-0.3, -0.25) is 9.59 Å². The molecule has 1 amide bonds. The minimum absolute atomic E-state index is 0.000862. The molecule has 2 heterocycles. The number of anilines is 1. The predicted octanol–water partition coefficient (Wildman–Crippen LogP) is 4.28. The first-order valence-electron chi connectivity index (χ1n) is 8.54. The van der Waals surface area contributed by atoms with Gasteiger partial charge < -0.3 is 10.1 Å². The Morgan fingerprint density at radius 1 is 1.29 bits per heavy atom. The van der Waals surface area contributed by atoms with Crippen LogP contribution in [-0.4, -0.2) is 27.9 Å². The van der Waals surface area contributed by atoms with E-state index < -0.39 is 18.0 Å². The summed E-state index contributed by atoms with van der Waals surface area (Å²) < 4.78 is 5.21. The van der Waals surface area contributed by atoms with Crippen molar-refractivity contribution in [2.45, 2.75) is 26.4 Å². The van der Waals surface area contributed by atoms with Crippen LogP contribution in [0.1, 0.15) is 18.2 Å². The Kier molecular flexibility index (Phi) is 6.38. The zero-order valence-corrected chi connectivity index (χ0v) is 16.9. The summed E-state index contributed by atoms with van der Waals surface area (Å²) in [6.45, 7) is 3.52.